The van der Waals surface area contributed by atoms with Crippen LogP contribution in [0, 0.1) is 0 Å². The molecule has 0 saturated heterocycles. The summed E-state index contributed by atoms with van der Waals surface area (Å²) >= 11 is 0. The van der Waals surface area contributed by atoms with Crippen LogP contribution in [0.4, 0.5) is 0 Å². The number of hydrogen-bond donors (Lipinski definition) is 4. The van der Waals surface area contributed by atoms with Crippen LogP contribution in [0.2, 0.25) is 0 Å². The van der Waals surface area contributed by atoms with Gasteiger partial charge in [0.2, 0.25) is 0 Å². The predicted octanol–water partition coefficient (Wildman–Crippen LogP) is -1.89. The van der Waals surface area contributed by atoms with Crippen LogP contribution in [0.3, 0.4) is 0 Å². The average Bonchev–Trinajstić information content (AvgIpc) is 2.03. The summed E-state index contributed by atoms with van der Waals surface area (Å²) in [6.45, 7) is -0.0375. The fourth-order valence-corrected chi connectivity index (χ4v) is 0.501. The van der Waals surface area contributed by atoms with Crippen molar-refractivity contribution in [3.05, 3.63) is 12.2 Å². The standard InChI is InChI=1S/C6H14N2O3/c7-5(4-9)6(10)2-1-3-11-8/h1-2,5-6,9-10H,3-4,7-8H2/b2-1+/t5-,6+/m0/s1. The summed E-state index contributed by atoms with van der Waals surface area (Å²) in [6, 6.07) is -0.649. The molecule has 2 atom stereocenters. The fraction of sp³-hybridized carbons (Fsp3) is 0.667. The van der Waals surface area contributed by atoms with Crippen LogP contribution in [-0.2, 0) is 4.84 Å². The van der Waals surface area contributed by atoms with Gasteiger partial charge >= 0.3 is 0 Å². The SMILES string of the molecule is NOC/C=C/[C@@H](O)[C@@H](N)CO. The van der Waals surface area contributed by atoms with Crippen LogP contribution in [-0.4, -0.2) is 35.6 Å². The van der Waals surface area contributed by atoms with Gasteiger partial charge < -0.3 is 20.8 Å². The van der Waals surface area contributed by atoms with Gasteiger partial charge in [0.25, 0.3) is 0 Å². The summed E-state index contributed by atoms with van der Waals surface area (Å²) in [5.41, 5.74) is 5.28. The second-order valence-electron chi connectivity index (χ2n) is 2.10. The largest absolute Gasteiger partial charge is 0.395 e. The van der Waals surface area contributed by atoms with Gasteiger partial charge in [-0.25, -0.2) is 5.90 Å². The van der Waals surface area contributed by atoms with Crippen LogP contribution in [0.25, 0.3) is 0 Å². The van der Waals surface area contributed by atoms with Gasteiger partial charge in [0.05, 0.1) is 25.4 Å². The molecule has 0 rings (SSSR count). The van der Waals surface area contributed by atoms with Gasteiger partial charge in [0.15, 0.2) is 0 Å². The van der Waals surface area contributed by atoms with E-state index in [-0.39, 0.29) is 13.2 Å². The van der Waals surface area contributed by atoms with Crippen LogP contribution >= 0.6 is 0 Å². The van der Waals surface area contributed by atoms with Crippen LogP contribution in [0.15, 0.2) is 12.2 Å². The molecule has 0 bridgehead atoms. The molecule has 0 heterocycles. The van der Waals surface area contributed by atoms with Crippen LogP contribution < -0.4 is 11.6 Å². The molecule has 0 spiro atoms. The maximum atomic E-state index is 9.08. The van der Waals surface area contributed by atoms with Gasteiger partial charge in [-0.1, -0.05) is 12.2 Å². The van der Waals surface area contributed by atoms with E-state index >= 15 is 0 Å². The van der Waals surface area contributed by atoms with Gasteiger partial charge in [-0.05, 0) is 0 Å². The van der Waals surface area contributed by atoms with Crippen molar-refractivity contribution < 1.29 is 15.1 Å². The molecule has 0 saturated carbocycles. The van der Waals surface area contributed by atoms with E-state index in [2.05, 4.69) is 4.84 Å². The molecule has 0 aliphatic heterocycles. The summed E-state index contributed by atoms with van der Waals surface area (Å²) in [4.78, 5) is 4.20. The van der Waals surface area contributed by atoms with E-state index in [4.69, 9.17) is 21.8 Å². The Bertz CT molecular complexity index is 118. The van der Waals surface area contributed by atoms with E-state index in [1.165, 1.54) is 12.2 Å². The lowest BCUT2D eigenvalue weighted by atomic mass is 10.2. The Kier molecular flexibility index (Phi) is 6.00. The zero-order chi connectivity index (χ0) is 8.69. The number of aliphatic hydroxyl groups excluding tert-OH is 2. The minimum Gasteiger partial charge on any atom is -0.395 e. The van der Waals surface area contributed by atoms with E-state index in [9.17, 15) is 0 Å². The third-order valence-electron chi connectivity index (χ3n) is 1.18. The van der Waals surface area contributed by atoms with E-state index in [0.717, 1.165) is 0 Å². The van der Waals surface area contributed by atoms with Crippen molar-refractivity contribution in [2.75, 3.05) is 13.2 Å². The summed E-state index contributed by atoms with van der Waals surface area (Å²) in [6.07, 6.45) is 2.10. The van der Waals surface area contributed by atoms with E-state index < -0.39 is 12.1 Å². The van der Waals surface area contributed by atoms with Gasteiger partial charge in [-0.3, -0.25) is 0 Å². The average molecular weight is 162 g/mol. The predicted molar refractivity (Wildman–Crippen MR) is 40.3 cm³/mol. The van der Waals surface area contributed by atoms with E-state index in [1.807, 2.05) is 0 Å². The molecule has 0 aromatic heterocycles. The van der Waals surface area contributed by atoms with Gasteiger partial charge in [0, 0.05) is 0 Å². The van der Waals surface area contributed by atoms with Gasteiger partial charge in [-0.15, -0.1) is 0 Å². The topological polar surface area (TPSA) is 102 Å². The van der Waals surface area contributed by atoms with Crippen LogP contribution in [0.5, 0.6) is 0 Å². The molecule has 5 nitrogen and oxygen atoms in total. The van der Waals surface area contributed by atoms with E-state index in [1.54, 1.807) is 0 Å². The molecule has 0 unspecified atom stereocenters. The molecule has 0 aliphatic rings. The Morgan fingerprint density at radius 1 is 1.55 bits per heavy atom. The van der Waals surface area contributed by atoms with Gasteiger partial charge in [0.1, 0.15) is 0 Å². The fourth-order valence-electron chi connectivity index (χ4n) is 0.501. The lowest BCUT2D eigenvalue weighted by Crippen LogP contribution is -2.36. The molecular weight excluding hydrogens is 148 g/mol. The minimum absolute atomic E-state index is 0.217. The van der Waals surface area contributed by atoms with Crippen molar-refractivity contribution >= 4 is 0 Å². The number of aliphatic hydroxyl groups is 2. The number of rotatable bonds is 5. The first kappa shape index (κ1) is 10.5. The Balaban J connectivity index is 3.57. The normalized spacial score (nSPS) is 17.1. The zero-order valence-corrected chi connectivity index (χ0v) is 6.18. The first-order valence-electron chi connectivity index (χ1n) is 3.25. The lowest BCUT2D eigenvalue weighted by molar-refractivity contribution is 0.140. The molecule has 66 valence electrons. The van der Waals surface area contributed by atoms with Crippen molar-refractivity contribution in [1.29, 1.82) is 0 Å². The number of hydrogen-bond acceptors (Lipinski definition) is 5. The molecule has 11 heavy (non-hydrogen) atoms. The maximum absolute atomic E-state index is 9.08. The third kappa shape index (κ3) is 4.88. The lowest BCUT2D eigenvalue weighted by Gasteiger charge is -2.11. The molecule has 0 fully saturated rings. The highest BCUT2D eigenvalue weighted by molar-refractivity contribution is 4.93. The number of nitrogens with two attached hydrogens (primary N) is 2. The minimum atomic E-state index is -0.852. The van der Waals surface area contributed by atoms with Crippen molar-refractivity contribution in [2.24, 2.45) is 11.6 Å². The first-order chi connectivity index (χ1) is 5.22. The molecule has 0 radical (unpaired) electrons. The third-order valence-corrected chi connectivity index (χ3v) is 1.18. The second-order valence-corrected chi connectivity index (χ2v) is 2.10. The molecular formula is C6H14N2O3. The maximum Gasteiger partial charge on any atom is 0.0895 e. The summed E-state index contributed by atoms with van der Waals surface area (Å²) < 4.78 is 0. The Morgan fingerprint density at radius 2 is 2.18 bits per heavy atom. The Morgan fingerprint density at radius 3 is 2.64 bits per heavy atom. The van der Waals surface area contributed by atoms with Crippen molar-refractivity contribution in [1.82, 2.24) is 0 Å². The highest BCUT2D eigenvalue weighted by atomic mass is 16.6. The monoisotopic (exact) mass is 162 g/mol. The first-order valence-corrected chi connectivity index (χ1v) is 3.25. The molecule has 0 aromatic carbocycles. The van der Waals surface area contributed by atoms with Gasteiger partial charge in [-0.2, -0.15) is 0 Å². The molecule has 5 heteroatoms. The second kappa shape index (κ2) is 6.26. The summed E-state index contributed by atoms with van der Waals surface area (Å²) in [7, 11) is 0. The molecule has 0 amide bonds. The smallest absolute Gasteiger partial charge is 0.0895 e. The van der Waals surface area contributed by atoms with E-state index in [0.29, 0.717) is 0 Å². The molecule has 0 aromatic rings. The van der Waals surface area contributed by atoms with Crippen molar-refractivity contribution in [3.63, 3.8) is 0 Å². The zero-order valence-electron chi connectivity index (χ0n) is 6.18. The highest BCUT2D eigenvalue weighted by Gasteiger charge is 2.08. The Hall–Kier alpha value is -0.460. The highest BCUT2D eigenvalue weighted by Crippen LogP contribution is 1.90. The van der Waals surface area contributed by atoms with Crippen molar-refractivity contribution in [3.8, 4) is 0 Å². The molecule has 6 N–H and O–H groups in total. The van der Waals surface area contributed by atoms with Crippen molar-refractivity contribution in [2.45, 2.75) is 12.1 Å². The quantitative estimate of drug-likeness (QED) is 0.280. The molecule has 0 aliphatic carbocycles. The summed E-state index contributed by atoms with van der Waals surface area (Å²) in [5.74, 6) is 4.71. The van der Waals surface area contributed by atoms with Crippen LogP contribution in [0.1, 0.15) is 0 Å². The Labute approximate surface area is 65.2 Å². The summed E-state index contributed by atoms with van der Waals surface area (Å²) in [5, 5.41) is 17.6.